The Labute approximate surface area is 309 Å². The number of carbonyl (C=O) groups is 4. The average molecular weight is 713 g/mol. The maximum Gasteiger partial charge on any atom is 0.336 e. The molecule has 0 unspecified atom stereocenters. The summed E-state index contributed by atoms with van der Waals surface area (Å²) in [6.07, 6.45) is 10.7. The lowest BCUT2D eigenvalue weighted by molar-refractivity contribution is 0.0683. The molecule has 2 amide bonds. The number of aromatic carboxylic acids is 2. The first-order valence-electron chi connectivity index (χ1n) is 16.2. The molecular formula is C44H28N2O8. The van der Waals surface area contributed by atoms with E-state index in [1.54, 1.807) is 48.5 Å². The molecule has 0 heterocycles. The summed E-state index contributed by atoms with van der Waals surface area (Å²) >= 11 is 0. The first kappa shape index (κ1) is 35.7. The first-order valence-corrected chi connectivity index (χ1v) is 16.2. The monoisotopic (exact) mass is 712 g/mol. The Morgan fingerprint density at radius 2 is 0.759 bits per heavy atom. The van der Waals surface area contributed by atoms with Gasteiger partial charge < -0.3 is 30.3 Å². The van der Waals surface area contributed by atoms with Crippen molar-refractivity contribution in [3.63, 3.8) is 0 Å². The van der Waals surface area contributed by atoms with Crippen molar-refractivity contribution in [1.29, 1.82) is 0 Å². The number of carboxylic acid groups (broad SMARTS) is 2. The average Bonchev–Trinajstić information content (AvgIpc) is 3.19. The van der Waals surface area contributed by atoms with Gasteiger partial charge in [0.15, 0.2) is 0 Å². The van der Waals surface area contributed by atoms with Crippen LogP contribution in [0.3, 0.4) is 0 Å². The van der Waals surface area contributed by atoms with Crippen molar-refractivity contribution in [2.75, 3.05) is 10.6 Å². The summed E-state index contributed by atoms with van der Waals surface area (Å²) in [6, 6.07) is 36.7. The number of carboxylic acids is 2. The third-order valence-electron chi connectivity index (χ3n) is 8.06. The van der Waals surface area contributed by atoms with E-state index in [2.05, 4.69) is 22.5 Å². The Hall–Kier alpha value is -8.08. The van der Waals surface area contributed by atoms with E-state index >= 15 is 0 Å². The summed E-state index contributed by atoms with van der Waals surface area (Å²) in [6.45, 7) is 0. The van der Waals surface area contributed by atoms with Gasteiger partial charge in [0.25, 0.3) is 11.8 Å². The number of benzene rings is 6. The molecule has 6 aromatic rings. The van der Waals surface area contributed by atoms with Crippen LogP contribution >= 0.6 is 0 Å². The van der Waals surface area contributed by atoms with Crippen molar-refractivity contribution >= 4 is 35.1 Å². The van der Waals surface area contributed by atoms with E-state index in [-0.39, 0.29) is 22.3 Å². The van der Waals surface area contributed by atoms with Gasteiger partial charge in [-0.1, -0.05) is 36.1 Å². The van der Waals surface area contributed by atoms with Crippen LogP contribution in [-0.4, -0.2) is 34.0 Å². The highest BCUT2D eigenvalue weighted by Gasteiger charge is 2.19. The van der Waals surface area contributed by atoms with Crippen LogP contribution in [-0.2, 0) is 0 Å². The van der Waals surface area contributed by atoms with Crippen molar-refractivity contribution in [2.45, 2.75) is 0 Å². The van der Waals surface area contributed by atoms with E-state index in [4.69, 9.17) is 22.3 Å². The van der Waals surface area contributed by atoms with Crippen molar-refractivity contribution in [3.8, 4) is 58.8 Å². The third kappa shape index (κ3) is 8.44. The maximum atomic E-state index is 12.8. The summed E-state index contributed by atoms with van der Waals surface area (Å²) in [7, 11) is 0. The lowest BCUT2D eigenvalue weighted by Crippen LogP contribution is -2.16. The van der Waals surface area contributed by atoms with Gasteiger partial charge >= 0.3 is 11.9 Å². The van der Waals surface area contributed by atoms with E-state index in [0.717, 1.165) is 11.1 Å². The van der Waals surface area contributed by atoms with E-state index in [1.807, 2.05) is 48.5 Å². The zero-order chi connectivity index (χ0) is 38.2. The van der Waals surface area contributed by atoms with E-state index in [9.17, 15) is 29.4 Å². The fourth-order valence-electron chi connectivity index (χ4n) is 5.33. The second-order valence-corrected chi connectivity index (χ2v) is 11.6. The van der Waals surface area contributed by atoms with Crippen LogP contribution < -0.4 is 20.1 Å². The Bertz CT molecular complexity index is 2300. The molecule has 262 valence electrons. The van der Waals surface area contributed by atoms with Crippen molar-refractivity contribution in [2.24, 2.45) is 0 Å². The second-order valence-electron chi connectivity index (χ2n) is 11.6. The molecule has 0 bridgehead atoms. The van der Waals surface area contributed by atoms with Crippen LogP contribution in [0.15, 0.2) is 133 Å². The standard InChI is InChI=1S/C44H28N2O8/c1-3-27-5-23-37(39(25-27)43(49)50)41(47)45-31-11-19-35(20-12-31)53-33-15-7-29(8-16-33)30-9-17-34(18-10-30)54-36-21-13-32(14-22-36)46-42(48)38-24-6-28(4-2)26-40(38)44(51)52/h1-2,5-26H,(H,45,47)(H,46,48)(H,49,50)(H,51,52). The summed E-state index contributed by atoms with van der Waals surface area (Å²) in [5.41, 5.74) is 3.13. The van der Waals surface area contributed by atoms with Gasteiger partial charge in [-0.3, -0.25) is 9.59 Å². The predicted octanol–water partition coefficient (Wildman–Crippen LogP) is 8.80. The van der Waals surface area contributed by atoms with Crippen molar-refractivity contribution < 1.29 is 38.9 Å². The molecule has 0 saturated heterocycles. The molecule has 0 aromatic heterocycles. The summed E-state index contributed by atoms with van der Waals surface area (Å²) in [5, 5.41) is 24.4. The predicted molar refractivity (Wildman–Crippen MR) is 203 cm³/mol. The molecule has 0 fully saturated rings. The van der Waals surface area contributed by atoms with Crippen molar-refractivity contribution in [1.82, 2.24) is 0 Å². The fraction of sp³-hybridized carbons (Fsp3) is 0. The number of anilines is 2. The van der Waals surface area contributed by atoms with Crippen LogP contribution in [0.1, 0.15) is 52.6 Å². The zero-order valence-electron chi connectivity index (χ0n) is 28.2. The molecule has 10 heteroatoms. The smallest absolute Gasteiger partial charge is 0.336 e. The number of rotatable bonds is 11. The van der Waals surface area contributed by atoms with Crippen LogP contribution in [0.25, 0.3) is 11.1 Å². The maximum absolute atomic E-state index is 12.8. The Morgan fingerprint density at radius 3 is 1.06 bits per heavy atom. The summed E-state index contributed by atoms with van der Waals surface area (Å²) in [5.74, 6) is 3.31. The number of ether oxygens (including phenoxy) is 2. The molecule has 54 heavy (non-hydrogen) atoms. The molecule has 6 aromatic carbocycles. The van der Waals surface area contributed by atoms with E-state index in [0.29, 0.717) is 45.5 Å². The number of amides is 2. The second kappa shape index (κ2) is 15.9. The Kier molecular flexibility index (Phi) is 10.5. The summed E-state index contributed by atoms with van der Waals surface area (Å²) in [4.78, 5) is 48.9. The van der Waals surface area contributed by atoms with Gasteiger partial charge in [0.2, 0.25) is 0 Å². The lowest BCUT2D eigenvalue weighted by Gasteiger charge is -2.11. The lowest BCUT2D eigenvalue weighted by atomic mass is 10.0. The van der Waals surface area contributed by atoms with Gasteiger partial charge in [0, 0.05) is 22.5 Å². The minimum Gasteiger partial charge on any atom is -0.478 e. The number of hydrogen-bond acceptors (Lipinski definition) is 6. The van der Waals surface area contributed by atoms with E-state index < -0.39 is 23.8 Å². The molecule has 10 nitrogen and oxygen atoms in total. The van der Waals surface area contributed by atoms with Crippen LogP contribution in [0.4, 0.5) is 11.4 Å². The minimum atomic E-state index is -1.26. The van der Waals surface area contributed by atoms with Gasteiger partial charge in [-0.25, -0.2) is 9.59 Å². The zero-order valence-corrected chi connectivity index (χ0v) is 28.2. The van der Waals surface area contributed by atoms with Gasteiger partial charge in [0.1, 0.15) is 23.0 Å². The Morgan fingerprint density at radius 1 is 0.444 bits per heavy atom. The largest absolute Gasteiger partial charge is 0.478 e. The number of terminal acetylenes is 2. The SMILES string of the molecule is C#Cc1ccc(C(=O)Nc2ccc(Oc3ccc(-c4ccc(Oc5ccc(NC(=O)c6ccc(C#C)cc6C(=O)O)cc5)cc4)cc3)cc2)c(C(=O)O)c1. The quantitative estimate of drug-likeness (QED) is 0.0974. The van der Waals surface area contributed by atoms with Crippen LogP contribution in [0.2, 0.25) is 0 Å². The summed E-state index contributed by atoms with van der Waals surface area (Å²) < 4.78 is 11.9. The molecule has 0 radical (unpaired) electrons. The number of hydrogen-bond donors (Lipinski definition) is 4. The van der Waals surface area contributed by atoms with Gasteiger partial charge in [-0.05, 0) is 120 Å². The van der Waals surface area contributed by atoms with Gasteiger partial charge in [0.05, 0.1) is 22.3 Å². The van der Waals surface area contributed by atoms with Crippen LogP contribution in [0.5, 0.6) is 23.0 Å². The number of nitrogens with one attached hydrogen (secondary N) is 2. The van der Waals surface area contributed by atoms with Crippen molar-refractivity contribution in [3.05, 3.63) is 167 Å². The topological polar surface area (TPSA) is 151 Å². The normalized spacial score (nSPS) is 10.3. The molecule has 0 aliphatic carbocycles. The molecule has 6 rings (SSSR count). The number of carbonyl (C=O) groups excluding carboxylic acids is 2. The van der Waals surface area contributed by atoms with Crippen LogP contribution in [0, 0.1) is 24.7 Å². The van der Waals surface area contributed by atoms with Gasteiger partial charge in [-0.2, -0.15) is 0 Å². The molecule has 0 spiro atoms. The van der Waals surface area contributed by atoms with E-state index in [1.165, 1.54) is 36.4 Å². The fourth-order valence-corrected chi connectivity index (χ4v) is 5.33. The Balaban J connectivity index is 1.02. The highest BCUT2D eigenvalue weighted by molar-refractivity contribution is 6.11. The third-order valence-corrected chi connectivity index (χ3v) is 8.06. The molecule has 0 atom stereocenters. The molecule has 0 aliphatic rings. The molecular weight excluding hydrogens is 684 g/mol. The first-order chi connectivity index (χ1) is 26.1. The highest BCUT2D eigenvalue weighted by Crippen LogP contribution is 2.30. The molecule has 4 N–H and O–H groups in total. The molecule has 0 saturated carbocycles. The minimum absolute atomic E-state index is 0.0101. The highest BCUT2D eigenvalue weighted by atomic mass is 16.5. The molecule has 0 aliphatic heterocycles. The van der Waals surface area contributed by atoms with Gasteiger partial charge in [-0.15, -0.1) is 12.8 Å².